The van der Waals surface area contributed by atoms with Gasteiger partial charge in [0, 0.05) is 24.0 Å². The van der Waals surface area contributed by atoms with E-state index >= 15 is 0 Å². The van der Waals surface area contributed by atoms with E-state index in [-0.39, 0.29) is 0 Å². The Hall–Kier alpha value is -2.17. The summed E-state index contributed by atoms with van der Waals surface area (Å²) >= 11 is 0. The SMILES string of the molecule is c1cc2ncc(-c3cnc[nH]3)cn2n1. The minimum Gasteiger partial charge on any atom is -0.345 e. The van der Waals surface area contributed by atoms with Crippen LogP contribution in [0.1, 0.15) is 0 Å². The minimum absolute atomic E-state index is 0.841. The van der Waals surface area contributed by atoms with Crippen molar-refractivity contribution in [1.29, 1.82) is 0 Å². The number of rotatable bonds is 1. The van der Waals surface area contributed by atoms with Gasteiger partial charge in [-0.1, -0.05) is 0 Å². The van der Waals surface area contributed by atoms with E-state index in [0.29, 0.717) is 0 Å². The highest BCUT2D eigenvalue weighted by Crippen LogP contribution is 2.14. The third kappa shape index (κ3) is 0.990. The van der Waals surface area contributed by atoms with Gasteiger partial charge in [0.25, 0.3) is 0 Å². The maximum atomic E-state index is 4.25. The Balaban J connectivity index is 2.23. The second kappa shape index (κ2) is 2.66. The maximum Gasteiger partial charge on any atom is 0.154 e. The lowest BCUT2D eigenvalue weighted by Crippen LogP contribution is -1.90. The molecule has 3 aromatic rings. The smallest absolute Gasteiger partial charge is 0.154 e. The summed E-state index contributed by atoms with van der Waals surface area (Å²) in [5.74, 6) is 0. The van der Waals surface area contributed by atoms with Gasteiger partial charge >= 0.3 is 0 Å². The quantitative estimate of drug-likeness (QED) is 0.618. The van der Waals surface area contributed by atoms with Gasteiger partial charge in [0.05, 0.1) is 24.4 Å². The van der Waals surface area contributed by atoms with Crippen LogP contribution in [0.4, 0.5) is 0 Å². The highest BCUT2D eigenvalue weighted by molar-refractivity contribution is 5.57. The van der Waals surface area contributed by atoms with Crippen molar-refractivity contribution >= 4 is 5.65 Å². The van der Waals surface area contributed by atoms with Crippen molar-refractivity contribution in [2.45, 2.75) is 0 Å². The topological polar surface area (TPSA) is 58.9 Å². The van der Waals surface area contributed by atoms with Crippen LogP contribution in [-0.4, -0.2) is 24.6 Å². The standard InChI is InChI=1S/C9H7N5/c1-2-13-14-5-7(3-11-9(1)14)8-4-10-6-12-8/h1-6H,(H,10,12). The van der Waals surface area contributed by atoms with E-state index in [1.54, 1.807) is 29.4 Å². The monoisotopic (exact) mass is 185 g/mol. The number of hydrogen-bond donors (Lipinski definition) is 1. The first-order valence-electron chi connectivity index (χ1n) is 4.21. The number of nitrogens with zero attached hydrogens (tertiary/aromatic N) is 4. The fourth-order valence-corrected chi connectivity index (χ4v) is 1.36. The number of imidazole rings is 1. The molecule has 0 aliphatic rings. The Kier molecular flexibility index (Phi) is 1.38. The Bertz CT molecular complexity index is 551. The van der Waals surface area contributed by atoms with E-state index in [1.807, 2.05) is 12.3 Å². The van der Waals surface area contributed by atoms with E-state index < -0.39 is 0 Å². The van der Waals surface area contributed by atoms with E-state index in [4.69, 9.17) is 0 Å². The van der Waals surface area contributed by atoms with Crippen LogP contribution < -0.4 is 0 Å². The number of aromatic amines is 1. The number of nitrogens with one attached hydrogen (secondary N) is 1. The largest absolute Gasteiger partial charge is 0.345 e. The molecule has 3 rings (SSSR count). The molecule has 1 N–H and O–H groups in total. The summed E-state index contributed by atoms with van der Waals surface area (Å²) in [5, 5.41) is 4.11. The third-order valence-electron chi connectivity index (χ3n) is 2.06. The summed E-state index contributed by atoms with van der Waals surface area (Å²) < 4.78 is 1.73. The van der Waals surface area contributed by atoms with Gasteiger partial charge in [-0.2, -0.15) is 5.10 Å². The van der Waals surface area contributed by atoms with Gasteiger partial charge < -0.3 is 4.98 Å². The normalized spacial score (nSPS) is 10.9. The van der Waals surface area contributed by atoms with Crippen molar-refractivity contribution in [1.82, 2.24) is 24.6 Å². The zero-order chi connectivity index (χ0) is 9.38. The Morgan fingerprint density at radius 3 is 3.14 bits per heavy atom. The molecule has 68 valence electrons. The predicted octanol–water partition coefficient (Wildman–Crippen LogP) is 1.12. The van der Waals surface area contributed by atoms with Crippen LogP contribution in [-0.2, 0) is 0 Å². The molecule has 0 bridgehead atoms. The third-order valence-corrected chi connectivity index (χ3v) is 2.06. The fourth-order valence-electron chi connectivity index (χ4n) is 1.36. The number of H-pyrrole nitrogens is 1. The lowest BCUT2D eigenvalue weighted by atomic mass is 10.3. The first kappa shape index (κ1) is 7.25. The van der Waals surface area contributed by atoms with E-state index in [1.165, 1.54) is 0 Å². The van der Waals surface area contributed by atoms with Gasteiger partial charge in [-0.05, 0) is 0 Å². The molecular weight excluding hydrogens is 178 g/mol. The van der Waals surface area contributed by atoms with Crippen LogP contribution in [0.2, 0.25) is 0 Å². The highest BCUT2D eigenvalue weighted by atomic mass is 15.2. The van der Waals surface area contributed by atoms with Crippen LogP contribution in [0.3, 0.4) is 0 Å². The molecular formula is C9H7N5. The summed E-state index contributed by atoms with van der Waals surface area (Å²) in [6, 6.07) is 1.86. The molecule has 0 fully saturated rings. The van der Waals surface area contributed by atoms with Crippen molar-refractivity contribution in [3.05, 3.63) is 37.2 Å². The number of fused-ring (bicyclic) bond motifs is 1. The molecule has 0 aromatic carbocycles. The molecule has 14 heavy (non-hydrogen) atoms. The predicted molar refractivity (Wildman–Crippen MR) is 50.6 cm³/mol. The second-order valence-corrected chi connectivity index (χ2v) is 2.94. The molecule has 3 aromatic heterocycles. The molecule has 0 saturated heterocycles. The summed E-state index contributed by atoms with van der Waals surface area (Å²) in [6.07, 6.45) is 8.83. The molecule has 5 nitrogen and oxygen atoms in total. The van der Waals surface area contributed by atoms with Crippen molar-refractivity contribution < 1.29 is 0 Å². The van der Waals surface area contributed by atoms with Crippen LogP contribution in [0.5, 0.6) is 0 Å². The van der Waals surface area contributed by atoms with Crippen molar-refractivity contribution in [3.8, 4) is 11.3 Å². The van der Waals surface area contributed by atoms with E-state index in [9.17, 15) is 0 Å². The van der Waals surface area contributed by atoms with E-state index in [2.05, 4.69) is 20.1 Å². The lowest BCUT2D eigenvalue weighted by Gasteiger charge is -1.97. The summed E-state index contributed by atoms with van der Waals surface area (Å²) in [7, 11) is 0. The minimum atomic E-state index is 0.841. The second-order valence-electron chi connectivity index (χ2n) is 2.94. The van der Waals surface area contributed by atoms with Gasteiger partial charge in [-0.3, -0.25) is 0 Å². The van der Waals surface area contributed by atoms with E-state index in [0.717, 1.165) is 16.9 Å². The van der Waals surface area contributed by atoms with Gasteiger partial charge in [0.1, 0.15) is 0 Å². The van der Waals surface area contributed by atoms with Crippen LogP contribution in [0, 0.1) is 0 Å². The van der Waals surface area contributed by atoms with Gasteiger partial charge in [0.15, 0.2) is 5.65 Å². The van der Waals surface area contributed by atoms with Crippen LogP contribution >= 0.6 is 0 Å². The van der Waals surface area contributed by atoms with Gasteiger partial charge in [0.2, 0.25) is 0 Å². The molecule has 0 unspecified atom stereocenters. The first-order chi connectivity index (χ1) is 6.93. The zero-order valence-corrected chi connectivity index (χ0v) is 7.25. The fraction of sp³-hybridized carbons (Fsp3) is 0. The lowest BCUT2D eigenvalue weighted by molar-refractivity contribution is 0.940. The Morgan fingerprint density at radius 1 is 1.29 bits per heavy atom. The molecule has 0 saturated carbocycles. The van der Waals surface area contributed by atoms with Gasteiger partial charge in [-0.15, -0.1) is 0 Å². The highest BCUT2D eigenvalue weighted by Gasteiger charge is 2.01. The van der Waals surface area contributed by atoms with Crippen LogP contribution in [0.15, 0.2) is 37.2 Å². The summed E-state index contributed by atoms with van der Waals surface area (Å²) in [5.41, 5.74) is 2.75. The van der Waals surface area contributed by atoms with Crippen molar-refractivity contribution in [2.75, 3.05) is 0 Å². The van der Waals surface area contributed by atoms with Gasteiger partial charge in [-0.25, -0.2) is 14.5 Å². The Labute approximate surface area is 79.4 Å². The molecule has 0 aliphatic heterocycles. The zero-order valence-electron chi connectivity index (χ0n) is 7.25. The molecule has 0 radical (unpaired) electrons. The molecule has 5 heteroatoms. The van der Waals surface area contributed by atoms with Crippen molar-refractivity contribution in [2.24, 2.45) is 0 Å². The van der Waals surface area contributed by atoms with Crippen molar-refractivity contribution in [3.63, 3.8) is 0 Å². The summed E-state index contributed by atoms with van der Waals surface area (Å²) in [6.45, 7) is 0. The molecule has 0 atom stereocenters. The first-order valence-corrected chi connectivity index (χ1v) is 4.21. The average Bonchev–Trinajstić information content (AvgIpc) is 2.88. The molecule has 0 amide bonds. The number of aromatic nitrogens is 5. The Morgan fingerprint density at radius 2 is 2.29 bits per heavy atom. The molecule has 3 heterocycles. The molecule has 0 spiro atoms. The summed E-state index contributed by atoms with van der Waals surface area (Å²) in [4.78, 5) is 11.2. The van der Waals surface area contributed by atoms with Crippen LogP contribution in [0.25, 0.3) is 16.9 Å². The maximum absolute atomic E-state index is 4.25. The average molecular weight is 185 g/mol. The molecule has 0 aliphatic carbocycles. The number of hydrogen-bond acceptors (Lipinski definition) is 3.